The fourth-order valence-electron chi connectivity index (χ4n) is 5.68. The number of phenols is 1. The van der Waals surface area contributed by atoms with Crippen molar-refractivity contribution in [1.82, 2.24) is 4.90 Å². The Hall–Kier alpha value is -2.27. The highest BCUT2D eigenvalue weighted by Crippen LogP contribution is 2.55. The Morgan fingerprint density at radius 3 is 1.94 bits per heavy atom. The molecule has 32 heavy (non-hydrogen) atoms. The summed E-state index contributed by atoms with van der Waals surface area (Å²) in [6, 6.07) is 3.38. The lowest BCUT2D eigenvalue weighted by Gasteiger charge is -2.49. The van der Waals surface area contributed by atoms with Crippen molar-refractivity contribution in [3.8, 4) is 11.5 Å². The van der Waals surface area contributed by atoms with Gasteiger partial charge in [0.05, 0.1) is 12.1 Å². The molecule has 0 fully saturated rings. The van der Waals surface area contributed by atoms with Crippen LogP contribution in [0.3, 0.4) is 0 Å². The highest BCUT2D eigenvalue weighted by atomic mass is 35.5. The highest BCUT2D eigenvalue weighted by molar-refractivity contribution is 6.32. The summed E-state index contributed by atoms with van der Waals surface area (Å²) in [7, 11) is 1.47. The van der Waals surface area contributed by atoms with E-state index in [2.05, 4.69) is 39.5 Å². The number of allylic oxidation sites excluding steroid dienone is 4. The van der Waals surface area contributed by atoms with Crippen LogP contribution in [0, 0.1) is 10.8 Å². The van der Waals surface area contributed by atoms with Gasteiger partial charge in [0.1, 0.15) is 0 Å². The standard InChI is InChI=1S/C26H32ClNO4/c1-7-28-16-10-25(2,3)12-18(29)22(16)21(14-8-15(27)24(31)20(9-14)32-6)23-17(28)11-26(4,5)13-19(23)30/h8-9,21,31H,7,10-13H2,1-6H3. The molecule has 0 radical (unpaired) electrons. The van der Waals surface area contributed by atoms with Crippen LogP contribution in [0.25, 0.3) is 0 Å². The van der Waals surface area contributed by atoms with E-state index >= 15 is 0 Å². The molecule has 0 bridgehead atoms. The van der Waals surface area contributed by atoms with E-state index in [1.54, 1.807) is 12.1 Å². The van der Waals surface area contributed by atoms with Crippen LogP contribution >= 0.6 is 11.6 Å². The Morgan fingerprint density at radius 2 is 1.50 bits per heavy atom. The molecule has 1 aromatic carbocycles. The predicted octanol–water partition coefficient (Wildman–Crippen LogP) is 5.76. The monoisotopic (exact) mass is 457 g/mol. The fourth-order valence-corrected chi connectivity index (χ4v) is 5.90. The molecule has 0 aromatic heterocycles. The number of halogens is 1. The molecule has 4 rings (SSSR count). The number of Topliss-reactive ketones (excluding diaryl/α,β-unsaturated/α-hetero) is 2. The minimum atomic E-state index is -0.498. The van der Waals surface area contributed by atoms with Gasteiger partial charge in [0.2, 0.25) is 0 Å². The normalized spacial score (nSPS) is 22.8. The van der Waals surface area contributed by atoms with E-state index in [1.807, 2.05) is 0 Å². The molecule has 0 saturated carbocycles. The Labute approximate surface area is 195 Å². The van der Waals surface area contributed by atoms with Crippen molar-refractivity contribution in [2.24, 2.45) is 10.8 Å². The first-order chi connectivity index (χ1) is 14.9. The lowest BCUT2D eigenvalue weighted by atomic mass is 9.63. The second-order valence-corrected chi connectivity index (χ2v) is 11.2. The van der Waals surface area contributed by atoms with Crippen molar-refractivity contribution in [2.75, 3.05) is 13.7 Å². The van der Waals surface area contributed by atoms with Gasteiger partial charge in [-0.3, -0.25) is 9.59 Å². The third-order valence-corrected chi connectivity index (χ3v) is 7.23. The number of methoxy groups -OCH3 is 1. The number of benzene rings is 1. The first kappa shape index (κ1) is 22.9. The number of carbonyl (C=O) groups excluding carboxylic acids is 2. The summed E-state index contributed by atoms with van der Waals surface area (Å²) in [5.74, 6) is -0.248. The van der Waals surface area contributed by atoms with Gasteiger partial charge in [-0.05, 0) is 48.3 Å². The van der Waals surface area contributed by atoms with E-state index < -0.39 is 5.92 Å². The van der Waals surface area contributed by atoms with E-state index in [1.165, 1.54) is 7.11 Å². The molecule has 0 amide bonds. The molecule has 0 atom stereocenters. The number of phenolic OH excluding ortho intramolecular Hbond substituents is 1. The van der Waals surface area contributed by atoms with E-state index in [0.717, 1.165) is 24.2 Å². The summed E-state index contributed by atoms with van der Waals surface area (Å²) in [5.41, 5.74) is 3.84. The number of nitrogens with zero attached hydrogens (tertiary/aromatic N) is 1. The molecule has 6 heteroatoms. The largest absolute Gasteiger partial charge is 0.503 e. The lowest BCUT2D eigenvalue weighted by Crippen LogP contribution is -2.44. The average molecular weight is 458 g/mol. The van der Waals surface area contributed by atoms with E-state index in [4.69, 9.17) is 16.3 Å². The van der Waals surface area contributed by atoms with Crippen LogP contribution < -0.4 is 4.74 Å². The van der Waals surface area contributed by atoms with E-state index in [-0.39, 0.29) is 38.9 Å². The Kier molecular flexibility index (Phi) is 5.48. The Balaban J connectivity index is 2.03. The van der Waals surface area contributed by atoms with Crippen LogP contribution in [-0.2, 0) is 9.59 Å². The second-order valence-electron chi connectivity index (χ2n) is 10.8. The van der Waals surface area contributed by atoms with Gasteiger partial charge in [0, 0.05) is 47.8 Å². The molecule has 1 heterocycles. The summed E-state index contributed by atoms with van der Waals surface area (Å²) in [6.45, 7) is 11.3. The molecule has 0 spiro atoms. The molecule has 172 valence electrons. The lowest BCUT2D eigenvalue weighted by molar-refractivity contribution is -0.119. The summed E-state index contributed by atoms with van der Waals surface area (Å²) < 4.78 is 5.34. The fraction of sp³-hybridized carbons (Fsp3) is 0.538. The van der Waals surface area contributed by atoms with Gasteiger partial charge >= 0.3 is 0 Å². The van der Waals surface area contributed by atoms with E-state index in [0.29, 0.717) is 36.1 Å². The number of hydrogen-bond donors (Lipinski definition) is 1. The van der Waals surface area contributed by atoms with Crippen molar-refractivity contribution >= 4 is 23.2 Å². The van der Waals surface area contributed by atoms with Gasteiger partial charge in [0.15, 0.2) is 23.1 Å². The van der Waals surface area contributed by atoms with Crippen LogP contribution in [0.5, 0.6) is 11.5 Å². The molecule has 0 saturated heterocycles. The molecule has 1 N–H and O–H groups in total. The smallest absolute Gasteiger partial charge is 0.176 e. The van der Waals surface area contributed by atoms with Crippen LogP contribution in [-0.4, -0.2) is 35.2 Å². The van der Waals surface area contributed by atoms with Crippen LogP contribution in [0.15, 0.2) is 34.7 Å². The molecule has 3 aliphatic rings. The van der Waals surface area contributed by atoms with Crippen molar-refractivity contribution < 1.29 is 19.4 Å². The number of carbonyl (C=O) groups is 2. The predicted molar refractivity (Wildman–Crippen MR) is 125 cm³/mol. The molecular formula is C26H32ClNO4. The maximum Gasteiger partial charge on any atom is 0.176 e. The van der Waals surface area contributed by atoms with Crippen LogP contribution in [0.2, 0.25) is 5.02 Å². The molecule has 1 aromatic rings. The third kappa shape index (κ3) is 3.64. The minimum Gasteiger partial charge on any atom is -0.503 e. The zero-order valence-electron chi connectivity index (χ0n) is 19.8. The van der Waals surface area contributed by atoms with Gasteiger partial charge in [-0.2, -0.15) is 0 Å². The SMILES string of the molecule is CCN1C2=C(C(=O)CC(C)(C)C2)C(c2cc(Cl)c(O)c(OC)c2)C2=C1CC(C)(C)CC2=O. The minimum absolute atomic E-state index is 0.0760. The van der Waals surface area contributed by atoms with Crippen molar-refractivity contribution in [2.45, 2.75) is 66.2 Å². The maximum atomic E-state index is 13.6. The zero-order valence-corrected chi connectivity index (χ0v) is 20.5. The topological polar surface area (TPSA) is 66.8 Å². The number of aromatic hydroxyl groups is 1. The first-order valence-electron chi connectivity index (χ1n) is 11.3. The number of rotatable bonds is 3. The van der Waals surface area contributed by atoms with Gasteiger partial charge < -0.3 is 14.7 Å². The quantitative estimate of drug-likeness (QED) is 0.625. The number of ketones is 2. The van der Waals surface area contributed by atoms with Crippen molar-refractivity contribution in [1.29, 1.82) is 0 Å². The second kappa shape index (κ2) is 7.65. The van der Waals surface area contributed by atoms with Gasteiger partial charge in [-0.25, -0.2) is 0 Å². The van der Waals surface area contributed by atoms with Gasteiger partial charge in [0.25, 0.3) is 0 Å². The Morgan fingerprint density at radius 1 is 1.00 bits per heavy atom. The average Bonchev–Trinajstić information content (AvgIpc) is 2.66. The third-order valence-electron chi connectivity index (χ3n) is 6.94. The zero-order chi connectivity index (χ0) is 23.6. The molecule has 0 unspecified atom stereocenters. The summed E-state index contributed by atoms with van der Waals surface area (Å²) >= 11 is 6.34. The molecule has 1 aliphatic heterocycles. The van der Waals surface area contributed by atoms with Crippen molar-refractivity contribution in [3.05, 3.63) is 45.3 Å². The summed E-state index contributed by atoms with van der Waals surface area (Å²) in [6.07, 6.45) is 2.41. The maximum absolute atomic E-state index is 13.6. The van der Waals surface area contributed by atoms with E-state index in [9.17, 15) is 14.7 Å². The molecule has 2 aliphatic carbocycles. The van der Waals surface area contributed by atoms with Crippen LogP contribution in [0.4, 0.5) is 0 Å². The highest BCUT2D eigenvalue weighted by Gasteiger charge is 2.48. The molecular weight excluding hydrogens is 426 g/mol. The summed E-state index contributed by atoms with van der Waals surface area (Å²) in [5, 5.41) is 10.4. The van der Waals surface area contributed by atoms with Crippen molar-refractivity contribution in [3.63, 3.8) is 0 Å². The first-order valence-corrected chi connectivity index (χ1v) is 11.6. The van der Waals surface area contributed by atoms with Gasteiger partial charge in [-0.15, -0.1) is 0 Å². The van der Waals surface area contributed by atoms with Crippen LogP contribution in [0.1, 0.15) is 71.8 Å². The number of hydrogen-bond acceptors (Lipinski definition) is 5. The molecule has 5 nitrogen and oxygen atoms in total. The number of ether oxygens (including phenoxy) is 1. The van der Waals surface area contributed by atoms with Gasteiger partial charge in [-0.1, -0.05) is 39.3 Å². The summed E-state index contributed by atoms with van der Waals surface area (Å²) in [4.78, 5) is 29.4. The Bertz CT molecular complexity index is 1030.